The smallest absolute Gasteiger partial charge is 0.306 e. The van der Waals surface area contributed by atoms with Crippen LogP contribution in [0.5, 0.6) is 0 Å². The molecule has 0 spiro atoms. The van der Waals surface area contributed by atoms with Gasteiger partial charge < -0.3 is 14.4 Å². The second kappa shape index (κ2) is 10.3. The number of carbonyl (C=O) groups excluding carboxylic acids is 1. The zero-order chi connectivity index (χ0) is 19.8. The minimum Gasteiger partial charge on any atom is -0.469 e. The van der Waals surface area contributed by atoms with Crippen molar-refractivity contribution in [3.63, 3.8) is 0 Å². The number of hydrogen-bond acceptors (Lipinski definition) is 6. The monoisotopic (exact) mass is 378 g/mol. The summed E-state index contributed by atoms with van der Waals surface area (Å²) in [4.78, 5) is 25.3. The molecule has 0 aromatic heterocycles. The third-order valence-electron chi connectivity index (χ3n) is 5.21. The second-order valence-corrected chi connectivity index (χ2v) is 6.93. The molecule has 0 bridgehead atoms. The first-order valence-corrected chi connectivity index (χ1v) is 9.71. The Labute approximate surface area is 160 Å². The van der Waals surface area contributed by atoms with Gasteiger partial charge in [0.05, 0.1) is 18.5 Å². The normalized spacial score (nSPS) is 16.0. The first-order valence-electron chi connectivity index (χ1n) is 9.71. The van der Waals surface area contributed by atoms with Crippen molar-refractivity contribution in [1.29, 1.82) is 0 Å². The Morgan fingerprint density at radius 2 is 2.07 bits per heavy atom. The van der Waals surface area contributed by atoms with Crippen molar-refractivity contribution in [1.82, 2.24) is 0 Å². The summed E-state index contributed by atoms with van der Waals surface area (Å²) in [6.45, 7) is 6.20. The number of methoxy groups -OCH3 is 1. The Kier molecular flexibility index (Phi) is 8.03. The summed E-state index contributed by atoms with van der Waals surface area (Å²) >= 11 is 0. The summed E-state index contributed by atoms with van der Waals surface area (Å²) in [5.41, 5.74) is 1.57. The standard InChI is InChI=1S/C20H30N2O5/c1-4-10-21(17-8-11-27-12-9-17)18-7-6-16(13-19(18)22(24)25)15(5-2)14-20(23)26-3/h6-7,13,15,17H,4-5,8-12,14H2,1-3H3. The number of nitro benzene ring substituents is 1. The highest BCUT2D eigenvalue weighted by molar-refractivity contribution is 5.71. The molecule has 1 atom stereocenters. The van der Waals surface area contributed by atoms with Gasteiger partial charge >= 0.3 is 5.97 Å². The average Bonchev–Trinajstić information content (AvgIpc) is 2.70. The SMILES string of the molecule is CCCN(c1ccc(C(CC)CC(=O)OC)cc1[N+](=O)[O-])C1CCOCC1. The molecular weight excluding hydrogens is 348 g/mol. The number of carbonyl (C=O) groups is 1. The van der Waals surface area contributed by atoms with Crippen LogP contribution in [0, 0.1) is 10.1 Å². The number of hydrogen-bond donors (Lipinski definition) is 0. The summed E-state index contributed by atoms with van der Waals surface area (Å²) in [5, 5.41) is 11.8. The number of benzene rings is 1. The fourth-order valence-electron chi connectivity index (χ4n) is 3.70. The van der Waals surface area contributed by atoms with E-state index in [1.54, 1.807) is 6.07 Å². The van der Waals surface area contributed by atoms with Crippen LogP contribution in [0.4, 0.5) is 11.4 Å². The Morgan fingerprint density at radius 1 is 1.37 bits per heavy atom. The molecular formula is C20H30N2O5. The van der Waals surface area contributed by atoms with Crippen molar-refractivity contribution in [2.24, 2.45) is 0 Å². The van der Waals surface area contributed by atoms with Gasteiger partial charge in [0.2, 0.25) is 0 Å². The van der Waals surface area contributed by atoms with Gasteiger partial charge in [-0.3, -0.25) is 14.9 Å². The van der Waals surface area contributed by atoms with Crippen molar-refractivity contribution in [3.05, 3.63) is 33.9 Å². The Balaban J connectivity index is 2.37. The van der Waals surface area contributed by atoms with Crippen molar-refractivity contribution in [2.45, 2.75) is 57.9 Å². The van der Waals surface area contributed by atoms with Crippen LogP contribution in [0.15, 0.2) is 18.2 Å². The molecule has 1 aliphatic rings. The van der Waals surface area contributed by atoms with Gasteiger partial charge in [0.1, 0.15) is 5.69 Å². The van der Waals surface area contributed by atoms with Gasteiger partial charge in [0.15, 0.2) is 0 Å². The van der Waals surface area contributed by atoms with Crippen LogP contribution in [0.3, 0.4) is 0 Å². The van der Waals surface area contributed by atoms with Gasteiger partial charge in [-0.2, -0.15) is 0 Å². The van der Waals surface area contributed by atoms with Crippen LogP contribution in [-0.2, 0) is 14.3 Å². The summed E-state index contributed by atoms with van der Waals surface area (Å²) in [7, 11) is 1.36. The molecule has 7 heteroatoms. The van der Waals surface area contributed by atoms with Gasteiger partial charge in [-0.05, 0) is 43.2 Å². The van der Waals surface area contributed by atoms with Gasteiger partial charge in [-0.1, -0.05) is 19.9 Å². The second-order valence-electron chi connectivity index (χ2n) is 6.93. The topological polar surface area (TPSA) is 81.9 Å². The van der Waals surface area contributed by atoms with Gasteiger partial charge in [-0.25, -0.2) is 0 Å². The van der Waals surface area contributed by atoms with E-state index >= 15 is 0 Å². The lowest BCUT2D eigenvalue weighted by molar-refractivity contribution is -0.384. The Bertz CT molecular complexity index is 643. The molecule has 0 amide bonds. The van der Waals surface area contributed by atoms with Crippen LogP contribution in [-0.4, -0.2) is 43.8 Å². The van der Waals surface area contributed by atoms with E-state index in [0.29, 0.717) is 25.3 Å². The van der Waals surface area contributed by atoms with E-state index in [4.69, 9.17) is 9.47 Å². The summed E-state index contributed by atoms with van der Waals surface area (Å²) in [5.74, 6) is -0.392. The van der Waals surface area contributed by atoms with Crippen molar-refractivity contribution < 1.29 is 19.2 Å². The molecule has 1 unspecified atom stereocenters. The number of rotatable bonds is 9. The largest absolute Gasteiger partial charge is 0.469 e. The Morgan fingerprint density at radius 3 is 2.63 bits per heavy atom. The fraction of sp³-hybridized carbons (Fsp3) is 0.650. The first-order chi connectivity index (χ1) is 13.0. The number of nitro groups is 1. The summed E-state index contributed by atoms with van der Waals surface area (Å²) in [6.07, 6.45) is 3.60. The molecule has 1 heterocycles. The lowest BCUT2D eigenvalue weighted by Crippen LogP contribution is -2.40. The number of anilines is 1. The van der Waals surface area contributed by atoms with E-state index in [2.05, 4.69) is 11.8 Å². The van der Waals surface area contributed by atoms with Crippen LogP contribution in [0.2, 0.25) is 0 Å². The number of esters is 1. The molecule has 0 radical (unpaired) electrons. The molecule has 0 saturated carbocycles. The molecule has 0 N–H and O–H groups in total. The molecule has 150 valence electrons. The predicted molar refractivity (Wildman–Crippen MR) is 104 cm³/mol. The average molecular weight is 378 g/mol. The fourth-order valence-corrected chi connectivity index (χ4v) is 3.70. The number of nitrogens with zero attached hydrogens (tertiary/aromatic N) is 2. The van der Waals surface area contributed by atoms with Crippen LogP contribution in [0.25, 0.3) is 0 Å². The molecule has 1 aliphatic heterocycles. The van der Waals surface area contributed by atoms with Gasteiger partial charge in [0.25, 0.3) is 5.69 Å². The molecule has 0 aliphatic carbocycles. The molecule has 27 heavy (non-hydrogen) atoms. The summed E-state index contributed by atoms with van der Waals surface area (Å²) < 4.78 is 10.2. The van der Waals surface area contributed by atoms with E-state index in [-0.39, 0.29) is 35.0 Å². The maximum absolute atomic E-state index is 11.8. The summed E-state index contributed by atoms with van der Waals surface area (Å²) in [6, 6.07) is 5.65. The quantitative estimate of drug-likeness (QED) is 0.366. The third kappa shape index (κ3) is 5.42. The van der Waals surface area contributed by atoms with Crippen LogP contribution < -0.4 is 4.90 Å². The zero-order valence-corrected chi connectivity index (χ0v) is 16.5. The lowest BCUT2D eigenvalue weighted by Gasteiger charge is -2.35. The van der Waals surface area contributed by atoms with Crippen molar-refractivity contribution in [2.75, 3.05) is 31.8 Å². The van der Waals surface area contributed by atoms with E-state index < -0.39 is 0 Å². The maximum atomic E-state index is 11.8. The molecule has 7 nitrogen and oxygen atoms in total. The minimum absolute atomic E-state index is 0.0899. The highest BCUT2D eigenvalue weighted by Crippen LogP contribution is 2.36. The molecule has 1 aromatic carbocycles. The van der Waals surface area contributed by atoms with E-state index in [0.717, 1.165) is 31.4 Å². The van der Waals surface area contributed by atoms with Crippen molar-refractivity contribution in [3.8, 4) is 0 Å². The lowest BCUT2D eigenvalue weighted by atomic mass is 9.92. The van der Waals surface area contributed by atoms with Crippen LogP contribution in [0.1, 0.15) is 57.4 Å². The van der Waals surface area contributed by atoms with Gasteiger partial charge in [-0.15, -0.1) is 0 Å². The molecule has 2 rings (SSSR count). The highest BCUT2D eigenvalue weighted by Gasteiger charge is 2.28. The third-order valence-corrected chi connectivity index (χ3v) is 5.21. The minimum atomic E-state index is -0.314. The highest BCUT2D eigenvalue weighted by atomic mass is 16.6. The molecule has 1 saturated heterocycles. The van der Waals surface area contributed by atoms with Gasteiger partial charge in [0, 0.05) is 31.9 Å². The number of ether oxygens (including phenoxy) is 2. The van der Waals surface area contributed by atoms with Crippen LogP contribution >= 0.6 is 0 Å². The zero-order valence-electron chi connectivity index (χ0n) is 16.5. The maximum Gasteiger partial charge on any atom is 0.306 e. The predicted octanol–water partition coefficient (Wildman–Crippen LogP) is 4.05. The molecule has 1 fully saturated rings. The first kappa shape index (κ1) is 21.2. The Hall–Kier alpha value is -2.15. The van der Waals surface area contributed by atoms with E-state index in [9.17, 15) is 14.9 Å². The van der Waals surface area contributed by atoms with E-state index in [1.807, 2.05) is 19.1 Å². The van der Waals surface area contributed by atoms with E-state index in [1.165, 1.54) is 7.11 Å². The van der Waals surface area contributed by atoms with Crippen molar-refractivity contribution >= 4 is 17.3 Å². The molecule has 1 aromatic rings.